The van der Waals surface area contributed by atoms with Crippen LogP contribution in [0.4, 0.5) is 0 Å². The molecule has 0 aliphatic rings. The van der Waals surface area contributed by atoms with Gasteiger partial charge in [-0.1, -0.05) is 90.5 Å². The van der Waals surface area contributed by atoms with E-state index in [1.807, 2.05) is 68.5 Å². The minimum Gasteiger partial charge on any atom is -0.210 e. The molecule has 0 amide bonds. The van der Waals surface area contributed by atoms with Crippen LogP contribution in [-0.2, 0) is 15.4 Å². The topological polar surface area (TPSA) is 46.2 Å². The van der Waals surface area contributed by atoms with Crippen LogP contribution in [-0.4, -0.2) is 15.0 Å². The number of nitrogens with one attached hydrogen (secondary N) is 1. The van der Waals surface area contributed by atoms with Crippen molar-refractivity contribution in [2.45, 2.75) is 30.6 Å². The molecule has 150 valence electrons. The molecular weight excluding hydrogens is 378 g/mol. The number of allylic oxidation sites excluding steroid dienone is 2. The summed E-state index contributed by atoms with van der Waals surface area (Å²) in [6, 6.07) is 27.1. The highest BCUT2D eigenvalue weighted by Crippen LogP contribution is 2.36. The molecule has 3 nitrogen and oxygen atoms in total. The number of aryl methyl sites for hydroxylation is 1. The van der Waals surface area contributed by atoms with Crippen molar-refractivity contribution in [2.75, 3.05) is 6.54 Å². The lowest BCUT2D eigenvalue weighted by Gasteiger charge is -2.34. The zero-order valence-corrected chi connectivity index (χ0v) is 17.7. The Balaban J connectivity index is 2.04. The minimum atomic E-state index is -3.63. The smallest absolute Gasteiger partial charge is 0.210 e. The number of sulfonamides is 1. The molecule has 0 radical (unpaired) electrons. The largest absolute Gasteiger partial charge is 0.240 e. The van der Waals surface area contributed by atoms with Crippen molar-refractivity contribution >= 4 is 10.0 Å². The quantitative estimate of drug-likeness (QED) is 0.522. The van der Waals surface area contributed by atoms with Crippen molar-refractivity contribution in [1.29, 1.82) is 0 Å². The van der Waals surface area contributed by atoms with Gasteiger partial charge in [0.05, 0.1) is 4.90 Å². The summed E-state index contributed by atoms with van der Waals surface area (Å²) < 4.78 is 28.9. The zero-order chi connectivity index (χ0) is 20.7. The van der Waals surface area contributed by atoms with Gasteiger partial charge in [0.2, 0.25) is 10.0 Å². The third-order valence-corrected chi connectivity index (χ3v) is 6.67. The SMILES string of the molecule is C/C=C/CC(CNS(=O)(=O)c1ccc(C)cc1)(c1ccccc1)c1ccccc1. The second-order valence-electron chi connectivity index (χ2n) is 7.22. The van der Waals surface area contributed by atoms with Gasteiger partial charge in [0, 0.05) is 12.0 Å². The van der Waals surface area contributed by atoms with Gasteiger partial charge in [-0.05, 0) is 43.5 Å². The molecule has 0 spiro atoms. The van der Waals surface area contributed by atoms with E-state index in [2.05, 4.69) is 35.1 Å². The molecule has 0 saturated carbocycles. The molecule has 0 bridgehead atoms. The van der Waals surface area contributed by atoms with E-state index in [1.54, 1.807) is 12.1 Å². The average molecular weight is 406 g/mol. The number of rotatable bonds is 8. The maximum absolute atomic E-state index is 13.0. The molecule has 0 unspecified atom stereocenters. The molecule has 29 heavy (non-hydrogen) atoms. The molecule has 3 rings (SSSR count). The molecule has 0 aromatic heterocycles. The molecule has 0 aliphatic carbocycles. The van der Waals surface area contributed by atoms with Crippen molar-refractivity contribution in [2.24, 2.45) is 0 Å². The van der Waals surface area contributed by atoms with Crippen molar-refractivity contribution in [3.8, 4) is 0 Å². The summed E-state index contributed by atoms with van der Waals surface area (Å²) in [7, 11) is -3.63. The van der Waals surface area contributed by atoms with E-state index >= 15 is 0 Å². The first-order chi connectivity index (χ1) is 14.0. The second-order valence-corrected chi connectivity index (χ2v) is 8.99. The van der Waals surface area contributed by atoms with Gasteiger partial charge in [-0.15, -0.1) is 0 Å². The molecule has 1 N–H and O–H groups in total. The van der Waals surface area contributed by atoms with Gasteiger partial charge < -0.3 is 0 Å². The Hall–Kier alpha value is -2.69. The highest BCUT2D eigenvalue weighted by molar-refractivity contribution is 7.89. The van der Waals surface area contributed by atoms with E-state index in [9.17, 15) is 8.42 Å². The summed E-state index contributed by atoms with van der Waals surface area (Å²) in [4.78, 5) is 0.282. The molecule has 0 fully saturated rings. The Labute approximate surface area is 174 Å². The van der Waals surface area contributed by atoms with Gasteiger partial charge in [0.1, 0.15) is 0 Å². The summed E-state index contributed by atoms with van der Waals surface area (Å²) in [5.74, 6) is 0. The van der Waals surface area contributed by atoms with Crippen molar-refractivity contribution < 1.29 is 8.42 Å². The Kier molecular flexibility index (Phi) is 6.68. The van der Waals surface area contributed by atoms with E-state index in [-0.39, 0.29) is 11.4 Å². The molecule has 3 aromatic carbocycles. The minimum absolute atomic E-state index is 0.265. The van der Waals surface area contributed by atoms with Gasteiger partial charge in [-0.25, -0.2) is 13.1 Å². The molecule has 0 saturated heterocycles. The lowest BCUT2D eigenvalue weighted by atomic mass is 9.72. The van der Waals surface area contributed by atoms with Crippen molar-refractivity contribution in [3.63, 3.8) is 0 Å². The van der Waals surface area contributed by atoms with Crippen LogP contribution in [0.2, 0.25) is 0 Å². The molecule has 3 aromatic rings. The van der Waals surface area contributed by atoms with Gasteiger partial charge >= 0.3 is 0 Å². The van der Waals surface area contributed by atoms with E-state index in [1.165, 1.54) is 0 Å². The molecule has 0 heterocycles. The molecular formula is C25H27NO2S. The Bertz CT molecular complexity index is 1000. The van der Waals surface area contributed by atoms with Crippen LogP contribution in [0.5, 0.6) is 0 Å². The van der Waals surface area contributed by atoms with E-state index in [0.29, 0.717) is 6.42 Å². The first-order valence-electron chi connectivity index (χ1n) is 9.76. The fourth-order valence-corrected chi connectivity index (χ4v) is 4.63. The van der Waals surface area contributed by atoms with E-state index in [0.717, 1.165) is 16.7 Å². The predicted octanol–water partition coefficient (Wildman–Crippen LogP) is 5.23. The summed E-state index contributed by atoms with van der Waals surface area (Å²) in [5, 5.41) is 0. The van der Waals surface area contributed by atoms with Crippen LogP contribution in [0.15, 0.2) is 102 Å². The van der Waals surface area contributed by atoms with Gasteiger partial charge in [-0.2, -0.15) is 0 Å². The fraction of sp³-hybridized carbons (Fsp3) is 0.200. The Morgan fingerprint density at radius 3 is 1.83 bits per heavy atom. The standard InChI is InChI=1S/C25H27NO2S/c1-3-4-19-25(22-11-7-5-8-12-22,23-13-9-6-10-14-23)20-26-29(27,28)24-17-15-21(2)16-18-24/h3-18,26H,19-20H2,1-2H3/b4-3+. The highest BCUT2D eigenvalue weighted by Gasteiger charge is 2.34. The summed E-state index contributed by atoms with van der Waals surface area (Å²) >= 11 is 0. The van der Waals surface area contributed by atoms with Crippen LogP contribution in [0.25, 0.3) is 0 Å². The van der Waals surface area contributed by atoms with Gasteiger partial charge in [0.25, 0.3) is 0 Å². The first-order valence-corrected chi connectivity index (χ1v) is 11.2. The van der Waals surface area contributed by atoms with Crippen LogP contribution < -0.4 is 4.72 Å². The average Bonchev–Trinajstić information content (AvgIpc) is 2.76. The van der Waals surface area contributed by atoms with Gasteiger partial charge in [-0.3, -0.25) is 0 Å². The third-order valence-electron chi connectivity index (χ3n) is 5.25. The number of hydrogen-bond acceptors (Lipinski definition) is 2. The highest BCUT2D eigenvalue weighted by atomic mass is 32.2. The Morgan fingerprint density at radius 1 is 0.828 bits per heavy atom. The van der Waals surface area contributed by atoms with Crippen LogP contribution in [0.1, 0.15) is 30.0 Å². The molecule has 4 heteroatoms. The normalized spacial score (nSPS) is 12.3. The predicted molar refractivity (Wildman–Crippen MR) is 119 cm³/mol. The maximum atomic E-state index is 13.0. The summed E-state index contributed by atoms with van der Waals surface area (Å²) in [6.45, 7) is 4.19. The van der Waals surface area contributed by atoms with Crippen LogP contribution >= 0.6 is 0 Å². The maximum Gasteiger partial charge on any atom is 0.240 e. The Morgan fingerprint density at radius 2 is 1.34 bits per heavy atom. The van der Waals surface area contributed by atoms with E-state index in [4.69, 9.17) is 0 Å². The van der Waals surface area contributed by atoms with Crippen LogP contribution in [0, 0.1) is 6.92 Å². The van der Waals surface area contributed by atoms with Crippen LogP contribution in [0.3, 0.4) is 0 Å². The number of hydrogen-bond donors (Lipinski definition) is 1. The second kappa shape index (κ2) is 9.21. The lowest BCUT2D eigenvalue weighted by Crippen LogP contribution is -2.41. The summed E-state index contributed by atoms with van der Waals surface area (Å²) in [6.07, 6.45) is 4.79. The zero-order valence-electron chi connectivity index (χ0n) is 16.9. The first kappa shape index (κ1) is 21.0. The summed E-state index contributed by atoms with van der Waals surface area (Å²) in [5.41, 5.74) is 2.68. The third kappa shape index (κ3) is 4.84. The lowest BCUT2D eigenvalue weighted by molar-refractivity contribution is 0.498. The fourth-order valence-electron chi connectivity index (χ4n) is 3.53. The monoisotopic (exact) mass is 405 g/mol. The van der Waals surface area contributed by atoms with E-state index < -0.39 is 15.4 Å². The van der Waals surface area contributed by atoms with Gasteiger partial charge in [0.15, 0.2) is 0 Å². The molecule has 0 atom stereocenters. The van der Waals surface area contributed by atoms with Crippen molar-refractivity contribution in [3.05, 3.63) is 114 Å². The van der Waals surface area contributed by atoms with Crippen molar-refractivity contribution in [1.82, 2.24) is 4.72 Å². The molecule has 0 aliphatic heterocycles. The number of benzene rings is 3.